The van der Waals surface area contributed by atoms with E-state index < -0.39 is 35.3 Å². The van der Waals surface area contributed by atoms with Crippen LogP contribution < -0.4 is 10.7 Å². The zero-order valence-corrected chi connectivity index (χ0v) is 43.3. The van der Waals surface area contributed by atoms with Crippen LogP contribution in [0.1, 0.15) is 76.8 Å². The minimum atomic E-state index is -1.01. The molecule has 2 aromatic carbocycles. The molecule has 4 aliphatic heterocycles. The van der Waals surface area contributed by atoms with Crippen molar-refractivity contribution >= 4 is 40.5 Å². The summed E-state index contributed by atoms with van der Waals surface area (Å²) >= 11 is 0. The van der Waals surface area contributed by atoms with Crippen LogP contribution in [-0.4, -0.2) is 151 Å². The van der Waals surface area contributed by atoms with E-state index in [0.29, 0.717) is 58.5 Å². The van der Waals surface area contributed by atoms with Crippen molar-refractivity contribution in [3.63, 3.8) is 0 Å². The molecule has 3 fully saturated rings. The second kappa shape index (κ2) is 22.7. The molecule has 5 atom stereocenters. The number of pyridine rings is 1. The third-order valence-corrected chi connectivity index (χ3v) is 14.9. The van der Waals surface area contributed by atoms with Crippen LogP contribution >= 0.6 is 0 Å². The summed E-state index contributed by atoms with van der Waals surface area (Å²) in [6, 6.07) is 16.8. The molecule has 384 valence electrons. The SMILES string of the molecule is CO[C@@H](C)c1ncccc1-c1c2c3cc(ccc3n1C)-c1cccc(c1)C[C@H](NC(=O)C(CN(C)C(=O)[C@H]1CCN(C(=O)C#CCN3CCOCC3)C1)C(C)C)C(=O)N1CCC[C@H](N1)C(=O)OCC(C)(C)C2. The number of esters is 1. The van der Waals surface area contributed by atoms with Crippen LogP contribution in [0, 0.1) is 35.0 Å². The Morgan fingerprint density at radius 2 is 1.78 bits per heavy atom. The summed E-state index contributed by atoms with van der Waals surface area (Å²) in [4.78, 5) is 80.4. The summed E-state index contributed by atoms with van der Waals surface area (Å²) in [5.74, 6) is 2.86. The number of hydrogen-bond donors (Lipinski definition) is 2. The van der Waals surface area contributed by atoms with Crippen LogP contribution in [-0.2, 0) is 58.1 Å². The molecular weight excluding hydrogens is 913 g/mol. The van der Waals surface area contributed by atoms with E-state index >= 15 is 0 Å². The first-order chi connectivity index (χ1) is 34.5. The molecule has 2 aromatic heterocycles. The monoisotopic (exact) mass is 985 g/mol. The summed E-state index contributed by atoms with van der Waals surface area (Å²) in [6.45, 7) is 14.7. The van der Waals surface area contributed by atoms with Crippen molar-refractivity contribution in [2.24, 2.45) is 30.2 Å². The van der Waals surface area contributed by atoms with E-state index in [4.69, 9.17) is 19.2 Å². The van der Waals surface area contributed by atoms with Crippen molar-refractivity contribution in [3.05, 3.63) is 77.6 Å². The smallest absolute Gasteiger partial charge is 0.324 e. The van der Waals surface area contributed by atoms with Gasteiger partial charge in [-0.15, -0.1) is 0 Å². The Hall–Kier alpha value is -6.12. The van der Waals surface area contributed by atoms with Crippen molar-refractivity contribution in [2.45, 2.75) is 84.9 Å². The maximum atomic E-state index is 14.8. The largest absolute Gasteiger partial charge is 0.464 e. The van der Waals surface area contributed by atoms with E-state index in [1.807, 2.05) is 39.0 Å². The van der Waals surface area contributed by atoms with Gasteiger partial charge in [0.25, 0.3) is 11.8 Å². The number of nitrogens with zero attached hydrogens (tertiary/aromatic N) is 6. The van der Waals surface area contributed by atoms with Gasteiger partial charge in [-0.25, -0.2) is 5.43 Å². The molecule has 0 spiro atoms. The van der Waals surface area contributed by atoms with Crippen LogP contribution in [0.4, 0.5) is 0 Å². The number of carbonyl (C=O) groups excluding carboxylic acids is 5. The quantitative estimate of drug-likeness (QED) is 0.159. The Balaban J connectivity index is 1.06. The Morgan fingerprint density at radius 3 is 2.54 bits per heavy atom. The van der Waals surface area contributed by atoms with Crippen LogP contribution in [0.5, 0.6) is 0 Å². The van der Waals surface area contributed by atoms with Gasteiger partial charge in [-0.2, -0.15) is 0 Å². The predicted octanol–water partition coefficient (Wildman–Crippen LogP) is 5.18. The van der Waals surface area contributed by atoms with Gasteiger partial charge in [-0.1, -0.05) is 63.9 Å². The number of methoxy groups -OCH3 is 1. The number of morpholine rings is 1. The summed E-state index contributed by atoms with van der Waals surface area (Å²) in [7, 11) is 5.45. The number of hydrogen-bond acceptors (Lipinski definition) is 11. The summed E-state index contributed by atoms with van der Waals surface area (Å²) in [5, 5.41) is 5.65. The van der Waals surface area contributed by atoms with Gasteiger partial charge in [0.05, 0.1) is 55.7 Å². The summed E-state index contributed by atoms with van der Waals surface area (Å²) in [5.41, 5.74) is 10.4. The molecule has 1 unspecified atom stereocenters. The minimum absolute atomic E-state index is 0.119. The van der Waals surface area contributed by atoms with Crippen molar-refractivity contribution < 1.29 is 38.2 Å². The number of benzene rings is 2. The van der Waals surface area contributed by atoms with Gasteiger partial charge in [0.1, 0.15) is 12.1 Å². The van der Waals surface area contributed by atoms with Gasteiger partial charge >= 0.3 is 5.97 Å². The molecule has 0 radical (unpaired) electrons. The van der Waals surface area contributed by atoms with E-state index in [9.17, 15) is 24.0 Å². The van der Waals surface area contributed by atoms with E-state index in [1.54, 1.807) is 30.2 Å². The van der Waals surface area contributed by atoms with Gasteiger partial charge in [-0.05, 0) is 91.0 Å². The molecule has 4 amide bonds. The van der Waals surface area contributed by atoms with Crippen molar-refractivity contribution in [1.82, 2.24) is 40.0 Å². The molecule has 72 heavy (non-hydrogen) atoms. The fourth-order valence-corrected chi connectivity index (χ4v) is 10.6. The molecule has 3 saturated heterocycles. The average molecular weight is 985 g/mol. The third kappa shape index (κ3) is 11.9. The number of nitrogens with one attached hydrogen (secondary N) is 2. The van der Waals surface area contributed by atoms with E-state index in [-0.39, 0.29) is 61.8 Å². The highest BCUT2D eigenvalue weighted by Crippen LogP contribution is 2.41. The molecule has 4 aromatic rings. The summed E-state index contributed by atoms with van der Waals surface area (Å²) in [6.07, 6.45) is 3.83. The Labute approximate surface area is 424 Å². The molecule has 6 heterocycles. The van der Waals surface area contributed by atoms with Crippen molar-refractivity contribution in [2.75, 3.05) is 79.8 Å². The standard InChI is InChI=1S/C56H72N8O8/c1-36(2)45(34-60(6)53(67)41-20-24-63(33-41)49(65)17-12-22-62-25-27-71-28-26-62)52(66)58-47-30-38-13-9-14-39(29-38)40-18-19-48-43(31-40)44(51(61(48)7)42-15-10-21-57-50(42)37(3)70-8)32-56(4,5)35-72-55(69)46-16-11-23-64(59-46)54(47)68/h9-10,13-15,18-19,21,29,31,36-37,41,45-47,59H,11,16,20,22-28,30,32-35H2,1-8H3,(H,58,66)/t37-,41-,45?,46-,47-/m0/s1. The molecule has 16 nitrogen and oxygen atoms in total. The third-order valence-electron chi connectivity index (χ3n) is 14.9. The number of carbonyl (C=O) groups is 5. The fraction of sp³-hybridized carbons (Fsp3) is 0.536. The molecule has 4 aliphatic rings. The number of aryl methyl sites for hydroxylation is 1. The maximum Gasteiger partial charge on any atom is 0.324 e. The van der Waals surface area contributed by atoms with Crippen LogP contribution in [0.25, 0.3) is 33.3 Å². The first-order valence-electron chi connectivity index (χ1n) is 25.6. The Kier molecular flexibility index (Phi) is 16.5. The first-order valence-corrected chi connectivity index (χ1v) is 25.6. The highest BCUT2D eigenvalue weighted by atomic mass is 16.5. The Morgan fingerprint density at radius 1 is 1.00 bits per heavy atom. The average Bonchev–Trinajstić information content (AvgIpc) is 3.98. The number of cyclic esters (lactones) is 1. The second-order valence-corrected chi connectivity index (χ2v) is 21.2. The van der Waals surface area contributed by atoms with E-state index in [2.05, 4.69) is 89.3 Å². The summed E-state index contributed by atoms with van der Waals surface area (Å²) < 4.78 is 19.5. The van der Waals surface area contributed by atoms with Gasteiger partial charge < -0.3 is 33.9 Å². The fourth-order valence-electron chi connectivity index (χ4n) is 10.6. The topological polar surface area (TPSA) is 168 Å². The van der Waals surface area contributed by atoms with Crippen LogP contribution in [0.3, 0.4) is 0 Å². The number of ether oxygens (including phenoxy) is 3. The van der Waals surface area contributed by atoms with Crippen molar-refractivity contribution in [1.29, 1.82) is 0 Å². The molecule has 0 aliphatic carbocycles. The number of hydrazine groups is 1. The van der Waals surface area contributed by atoms with E-state index in [0.717, 1.165) is 63.2 Å². The molecule has 0 saturated carbocycles. The van der Waals surface area contributed by atoms with Crippen molar-refractivity contribution in [3.8, 4) is 34.2 Å². The van der Waals surface area contributed by atoms with Gasteiger partial charge in [0, 0.05) is 95.0 Å². The van der Waals surface area contributed by atoms with Gasteiger partial charge in [0.15, 0.2) is 0 Å². The maximum absolute atomic E-state index is 14.8. The van der Waals surface area contributed by atoms with Gasteiger partial charge in [0.2, 0.25) is 11.8 Å². The minimum Gasteiger partial charge on any atom is -0.464 e. The Bertz CT molecular complexity index is 2720. The number of aromatic nitrogens is 2. The molecule has 8 rings (SSSR count). The lowest BCUT2D eigenvalue weighted by Crippen LogP contribution is -2.61. The molecule has 16 heteroatoms. The highest BCUT2D eigenvalue weighted by Gasteiger charge is 2.38. The zero-order valence-electron chi connectivity index (χ0n) is 43.3. The first kappa shape index (κ1) is 52.2. The zero-order chi connectivity index (χ0) is 51.3. The lowest BCUT2D eigenvalue weighted by atomic mass is 9.84. The number of fused-ring (bicyclic) bond motifs is 6. The lowest BCUT2D eigenvalue weighted by Gasteiger charge is -2.36. The second-order valence-electron chi connectivity index (χ2n) is 21.2. The van der Waals surface area contributed by atoms with Crippen LogP contribution in [0.2, 0.25) is 0 Å². The molecule has 6 bridgehead atoms. The van der Waals surface area contributed by atoms with Crippen LogP contribution in [0.15, 0.2) is 60.8 Å². The number of rotatable bonds is 10. The number of likely N-dealkylation sites (tertiary alicyclic amines) is 1. The van der Waals surface area contributed by atoms with E-state index in [1.165, 1.54) is 5.01 Å². The molecular formula is C56H72N8O8. The highest BCUT2D eigenvalue weighted by molar-refractivity contribution is 5.96. The normalized spacial score (nSPS) is 21.6. The lowest BCUT2D eigenvalue weighted by molar-refractivity contribution is -0.155. The predicted molar refractivity (Wildman–Crippen MR) is 275 cm³/mol. The number of amides is 4. The molecule has 2 N–H and O–H groups in total. The van der Waals surface area contributed by atoms with Gasteiger partial charge in [-0.3, -0.25) is 38.9 Å².